The molecule has 65 valence electrons. The molecule has 12 heavy (non-hydrogen) atoms. The molecule has 0 saturated carbocycles. The maximum Gasteiger partial charge on any atom is 0.159 e. The molecule has 0 unspecified atom stereocenters. The zero-order valence-electron chi connectivity index (χ0n) is 7.76. The third-order valence-electron chi connectivity index (χ3n) is 2.13. The third kappa shape index (κ3) is 2.07. The van der Waals surface area contributed by atoms with E-state index in [4.69, 9.17) is 0 Å². The van der Waals surface area contributed by atoms with Crippen LogP contribution in [0.5, 0.6) is 0 Å². The lowest BCUT2D eigenvalue weighted by molar-refractivity contribution is -0.114. The lowest BCUT2D eigenvalue weighted by Gasteiger charge is -1.96. The van der Waals surface area contributed by atoms with Crippen molar-refractivity contribution in [3.63, 3.8) is 0 Å². The van der Waals surface area contributed by atoms with Gasteiger partial charge >= 0.3 is 0 Å². The highest BCUT2D eigenvalue weighted by atomic mass is 16.1. The fraction of sp³-hybridized carbons (Fsp3) is 0.455. The van der Waals surface area contributed by atoms with Crippen LogP contribution in [-0.2, 0) is 4.79 Å². The molecule has 0 atom stereocenters. The van der Waals surface area contributed by atoms with Gasteiger partial charge in [0.2, 0.25) is 0 Å². The summed E-state index contributed by atoms with van der Waals surface area (Å²) in [5.41, 5.74) is 2.17. The summed E-state index contributed by atoms with van der Waals surface area (Å²) < 4.78 is 0. The quantitative estimate of drug-likeness (QED) is 0.585. The van der Waals surface area contributed by atoms with Crippen molar-refractivity contribution in [2.75, 3.05) is 0 Å². The first-order chi connectivity index (χ1) is 5.75. The van der Waals surface area contributed by atoms with Crippen LogP contribution in [0.3, 0.4) is 0 Å². The summed E-state index contributed by atoms with van der Waals surface area (Å²) in [6, 6.07) is 0. The van der Waals surface area contributed by atoms with E-state index in [0.29, 0.717) is 12.2 Å². The molecule has 0 amide bonds. The topological polar surface area (TPSA) is 17.1 Å². The Morgan fingerprint density at radius 3 is 2.75 bits per heavy atom. The van der Waals surface area contributed by atoms with Crippen molar-refractivity contribution in [2.24, 2.45) is 0 Å². The molecule has 1 rings (SSSR count). The minimum Gasteiger partial charge on any atom is -0.295 e. The Hall–Kier alpha value is -0.850. The average molecular weight is 163 g/mol. The Balaban J connectivity index is 2.55. The van der Waals surface area contributed by atoms with Gasteiger partial charge in [-0.15, -0.1) is 0 Å². The Morgan fingerprint density at radius 1 is 1.50 bits per heavy atom. The van der Waals surface area contributed by atoms with Crippen LogP contribution in [0, 0.1) is 6.42 Å². The van der Waals surface area contributed by atoms with Crippen molar-refractivity contribution < 1.29 is 4.79 Å². The van der Waals surface area contributed by atoms with E-state index in [9.17, 15) is 4.79 Å². The smallest absolute Gasteiger partial charge is 0.159 e. The van der Waals surface area contributed by atoms with Crippen LogP contribution in [0.2, 0.25) is 0 Å². The van der Waals surface area contributed by atoms with Crippen LogP contribution in [-0.4, -0.2) is 5.78 Å². The van der Waals surface area contributed by atoms with Gasteiger partial charge in [0.25, 0.3) is 0 Å². The molecule has 0 fully saturated rings. The maximum absolute atomic E-state index is 11.3. The van der Waals surface area contributed by atoms with Gasteiger partial charge in [0, 0.05) is 6.42 Å². The van der Waals surface area contributed by atoms with E-state index in [1.165, 1.54) is 5.57 Å². The number of hydrogen-bond donors (Lipinski definition) is 0. The highest BCUT2D eigenvalue weighted by Crippen LogP contribution is 2.23. The fourth-order valence-electron chi connectivity index (χ4n) is 1.35. The predicted octanol–water partition coefficient (Wildman–Crippen LogP) is 2.84. The van der Waals surface area contributed by atoms with Gasteiger partial charge in [-0.2, -0.15) is 0 Å². The Bertz CT molecular complexity index is 233. The van der Waals surface area contributed by atoms with Gasteiger partial charge < -0.3 is 0 Å². The molecule has 0 spiro atoms. The number of ketones is 1. The molecule has 0 saturated heterocycles. The van der Waals surface area contributed by atoms with Crippen molar-refractivity contribution in [3.8, 4) is 0 Å². The monoisotopic (exact) mass is 163 g/mol. The first-order valence-electron chi connectivity index (χ1n) is 4.47. The Labute approximate surface area is 74.2 Å². The first-order valence-corrected chi connectivity index (χ1v) is 4.47. The number of rotatable bonds is 3. The summed E-state index contributed by atoms with van der Waals surface area (Å²) in [5, 5.41) is 0. The molecule has 1 aliphatic rings. The molecule has 1 nitrogen and oxygen atoms in total. The number of carbonyl (C=O) groups is 1. The zero-order valence-corrected chi connectivity index (χ0v) is 7.76. The van der Waals surface area contributed by atoms with Crippen molar-refractivity contribution in [1.29, 1.82) is 0 Å². The molecule has 0 aromatic heterocycles. The molecular weight excluding hydrogens is 148 g/mol. The minimum absolute atomic E-state index is 0.299. The van der Waals surface area contributed by atoms with Gasteiger partial charge in [-0.1, -0.05) is 24.6 Å². The molecule has 1 heteroatoms. The van der Waals surface area contributed by atoms with Crippen molar-refractivity contribution in [1.82, 2.24) is 0 Å². The summed E-state index contributed by atoms with van der Waals surface area (Å²) in [6.07, 6.45) is 8.67. The summed E-state index contributed by atoms with van der Waals surface area (Å²) in [4.78, 5) is 11.3. The highest BCUT2D eigenvalue weighted by molar-refractivity contribution is 6.00. The molecule has 0 aliphatic heterocycles. The lowest BCUT2D eigenvalue weighted by Crippen LogP contribution is -1.94. The third-order valence-corrected chi connectivity index (χ3v) is 2.13. The summed E-state index contributed by atoms with van der Waals surface area (Å²) in [6.45, 7) is 4.11. The molecule has 0 heterocycles. The van der Waals surface area contributed by atoms with Crippen LogP contribution in [0.25, 0.3) is 0 Å². The van der Waals surface area contributed by atoms with Gasteiger partial charge in [0.05, 0.1) is 0 Å². The number of carbonyl (C=O) groups excluding carboxylic acids is 1. The van der Waals surface area contributed by atoms with Crippen molar-refractivity contribution >= 4 is 5.78 Å². The van der Waals surface area contributed by atoms with Crippen LogP contribution < -0.4 is 0 Å². The van der Waals surface area contributed by atoms with Crippen LogP contribution in [0.4, 0.5) is 0 Å². The van der Waals surface area contributed by atoms with Gasteiger partial charge in [-0.05, 0) is 31.8 Å². The molecule has 0 N–H and O–H groups in total. The Morgan fingerprint density at radius 2 is 2.25 bits per heavy atom. The second-order valence-electron chi connectivity index (χ2n) is 3.08. The highest BCUT2D eigenvalue weighted by Gasteiger charge is 2.18. The molecule has 0 aromatic rings. The largest absolute Gasteiger partial charge is 0.295 e. The van der Waals surface area contributed by atoms with E-state index in [1.54, 1.807) is 0 Å². The molecule has 1 aliphatic carbocycles. The lowest BCUT2D eigenvalue weighted by atomic mass is 10.1. The van der Waals surface area contributed by atoms with Crippen LogP contribution in [0.15, 0.2) is 23.3 Å². The molecule has 0 aromatic carbocycles. The maximum atomic E-state index is 11.3. The van der Waals surface area contributed by atoms with E-state index in [1.807, 2.05) is 13.3 Å². The van der Waals surface area contributed by atoms with E-state index in [0.717, 1.165) is 18.4 Å². The van der Waals surface area contributed by atoms with Crippen molar-refractivity contribution in [3.05, 3.63) is 29.7 Å². The Kier molecular flexibility index (Phi) is 3.27. The van der Waals surface area contributed by atoms with E-state index in [-0.39, 0.29) is 0 Å². The molecule has 0 bridgehead atoms. The normalized spacial score (nSPS) is 18.3. The van der Waals surface area contributed by atoms with E-state index < -0.39 is 0 Å². The average Bonchev–Trinajstić information content (AvgIpc) is 2.35. The number of hydrogen-bond acceptors (Lipinski definition) is 1. The SMILES string of the molecule is CC/C=C\CC1=C(C)[CH]CC1=O. The van der Waals surface area contributed by atoms with Crippen molar-refractivity contribution in [2.45, 2.75) is 33.1 Å². The summed E-state index contributed by atoms with van der Waals surface area (Å²) >= 11 is 0. The van der Waals surface area contributed by atoms with Gasteiger partial charge in [-0.25, -0.2) is 0 Å². The van der Waals surface area contributed by atoms with Gasteiger partial charge in [0.1, 0.15) is 0 Å². The predicted molar refractivity (Wildman–Crippen MR) is 50.7 cm³/mol. The van der Waals surface area contributed by atoms with Crippen LogP contribution in [0.1, 0.15) is 33.1 Å². The summed E-state index contributed by atoms with van der Waals surface area (Å²) in [5.74, 6) is 0.299. The molecule has 1 radical (unpaired) electrons. The second-order valence-corrected chi connectivity index (χ2v) is 3.08. The standard InChI is InChI=1S/C11H15O/c1-3-4-5-6-10-9(2)7-8-11(10)12/h4-5,7H,3,6,8H2,1-2H3/b5-4-. The van der Waals surface area contributed by atoms with Crippen LogP contribution >= 0.6 is 0 Å². The minimum atomic E-state index is 0.299. The number of Topliss-reactive ketones (excluding diaryl/α,β-unsaturated/α-hetero) is 1. The number of allylic oxidation sites excluding steroid dienone is 4. The van der Waals surface area contributed by atoms with E-state index >= 15 is 0 Å². The fourth-order valence-corrected chi connectivity index (χ4v) is 1.35. The van der Waals surface area contributed by atoms with E-state index in [2.05, 4.69) is 19.1 Å². The molecular formula is C11H15O. The first kappa shape index (κ1) is 9.24. The van der Waals surface area contributed by atoms with Gasteiger partial charge in [0.15, 0.2) is 5.78 Å². The zero-order chi connectivity index (χ0) is 8.97. The summed E-state index contributed by atoms with van der Waals surface area (Å²) in [7, 11) is 0. The second kappa shape index (κ2) is 4.24. The van der Waals surface area contributed by atoms with Gasteiger partial charge in [-0.3, -0.25) is 4.79 Å².